The Balaban J connectivity index is 2.30. The van der Waals surface area contributed by atoms with Gasteiger partial charge in [0.25, 0.3) is 0 Å². The molecule has 0 saturated heterocycles. The zero-order chi connectivity index (χ0) is 19.3. The number of ether oxygens (including phenoxy) is 1. The van der Waals surface area contributed by atoms with E-state index in [9.17, 15) is 13.2 Å². The number of hydrogen-bond donors (Lipinski definition) is 1. The Kier molecular flexibility index (Phi) is 7.66. The van der Waals surface area contributed by atoms with E-state index in [2.05, 4.69) is 11.3 Å². The van der Waals surface area contributed by atoms with Crippen LogP contribution in [0.2, 0.25) is 0 Å². The highest BCUT2D eigenvalue weighted by Crippen LogP contribution is 2.33. The molecule has 7 heteroatoms. The molecule has 0 bridgehead atoms. The SMILES string of the molecule is C=C(I)[C@H](NS(=O)(=O)c1ccc(C)cc1)[C@H](OC(C)=O)C1CCCCC1. The van der Waals surface area contributed by atoms with Gasteiger partial charge in [0.05, 0.1) is 10.9 Å². The first-order chi connectivity index (χ1) is 12.2. The predicted octanol–water partition coefficient (Wildman–Crippen LogP) is 4.10. The minimum absolute atomic E-state index is 0.130. The van der Waals surface area contributed by atoms with Crippen molar-refractivity contribution in [2.75, 3.05) is 0 Å². The normalized spacial score (nSPS) is 18.1. The summed E-state index contributed by atoms with van der Waals surface area (Å²) in [6, 6.07) is 6.01. The summed E-state index contributed by atoms with van der Waals surface area (Å²) in [7, 11) is -3.75. The largest absolute Gasteiger partial charge is 0.460 e. The average Bonchev–Trinajstić information content (AvgIpc) is 2.58. The lowest BCUT2D eigenvalue weighted by Gasteiger charge is -2.35. The van der Waals surface area contributed by atoms with E-state index in [1.807, 2.05) is 29.5 Å². The monoisotopic (exact) mass is 491 g/mol. The third-order valence-electron chi connectivity index (χ3n) is 4.70. The van der Waals surface area contributed by atoms with Crippen LogP contribution in [0.15, 0.2) is 39.3 Å². The van der Waals surface area contributed by atoms with Crippen molar-refractivity contribution in [1.82, 2.24) is 4.72 Å². The van der Waals surface area contributed by atoms with E-state index in [1.54, 1.807) is 24.3 Å². The third-order valence-corrected chi connectivity index (χ3v) is 6.82. The maximum atomic E-state index is 12.8. The van der Waals surface area contributed by atoms with E-state index in [0.717, 1.165) is 37.7 Å². The molecule has 1 aliphatic carbocycles. The topological polar surface area (TPSA) is 72.5 Å². The van der Waals surface area contributed by atoms with Gasteiger partial charge < -0.3 is 4.74 Å². The van der Waals surface area contributed by atoms with E-state index in [0.29, 0.717) is 3.58 Å². The lowest BCUT2D eigenvalue weighted by Crippen LogP contribution is -2.49. The molecule has 1 aliphatic rings. The lowest BCUT2D eigenvalue weighted by atomic mass is 9.82. The molecular weight excluding hydrogens is 465 g/mol. The molecule has 26 heavy (non-hydrogen) atoms. The number of rotatable bonds is 7. The third kappa shape index (κ3) is 5.79. The Bertz CT molecular complexity index is 739. The summed E-state index contributed by atoms with van der Waals surface area (Å²) < 4.78 is 34.6. The van der Waals surface area contributed by atoms with Crippen LogP contribution in [0.25, 0.3) is 0 Å². The highest BCUT2D eigenvalue weighted by molar-refractivity contribution is 14.1. The molecular formula is C19H26INO4S. The second-order valence-corrected chi connectivity index (χ2v) is 9.93. The Morgan fingerprint density at radius 3 is 2.31 bits per heavy atom. The van der Waals surface area contributed by atoms with Crippen molar-refractivity contribution in [2.45, 2.75) is 63.0 Å². The molecule has 0 radical (unpaired) electrons. The highest BCUT2D eigenvalue weighted by Gasteiger charge is 2.36. The van der Waals surface area contributed by atoms with E-state index in [-0.39, 0.29) is 10.8 Å². The molecule has 2 rings (SSSR count). The highest BCUT2D eigenvalue weighted by atomic mass is 127. The predicted molar refractivity (Wildman–Crippen MR) is 111 cm³/mol. The van der Waals surface area contributed by atoms with Crippen LogP contribution < -0.4 is 4.72 Å². The van der Waals surface area contributed by atoms with Crippen molar-refractivity contribution in [3.05, 3.63) is 40.0 Å². The number of esters is 1. The Labute approximate surface area is 169 Å². The van der Waals surface area contributed by atoms with Crippen molar-refractivity contribution in [1.29, 1.82) is 0 Å². The Morgan fingerprint density at radius 2 is 1.81 bits per heavy atom. The quantitative estimate of drug-likeness (QED) is 0.461. The van der Waals surface area contributed by atoms with Crippen LogP contribution >= 0.6 is 22.6 Å². The van der Waals surface area contributed by atoms with Crippen LogP contribution in [-0.4, -0.2) is 26.5 Å². The number of nitrogens with one attached hydrogen (secondary N) is 1. The summed E-state index contributed by atoms with van der Waals surface area (Å²) in [5, 5.41) is 0. The molecule has 1 aromatic rings. The summed E-state index contributed by atoms with van der Waals surface area (Å²) in [5.74, 6) is -0.275. The molecule has 0 unspecified atom stereocenters. The van der Waals surface area contributed by atoms with Gasteiger partial charge in [0.1, 0.15) is 6.10 Å². The number of halogens is 1. The number of sulfonamides is 1. The van der Waals surface area contributed by atoms with Gasteiger partial charge in [-0.1, -0.05) is 43.5 Å². The van der Waals surface area contributed by atoms with Gasteiger partial charge in [-0.3, -0.25) is 4.79 Å². The molecule has 0 heterocycles. The molecule has 144 valence electrons. The van der Waals surface area contributed by atoms with Gasteiger partial charge in [-0.05, 0) is 60.4 Å². The summed E-state index contributed by atoms with van der Waals surface area (Å²) in [6.07, 6.45) is 4.59. The molecule has 5 nitrogen and oxygen atoms in total. The number of aryl methyl sites for hydroxylation is 1. The molecule has 1 aromatic carbocycles. The van der Waals surface area contributed by atoms with Gasteiger partial charge in [0.2, 0.25) is 10.0 Å². The molecule has 0 amide bonds. The maximum absolute atomic E-state index is 12.8. The summed E-state index contributed by atoms with van der Waals surface area (Å²) in [6.45, 7) is 7.20. The van der Waals surface area contributed by atoms with Gasteiger partial charge in [-0.2, -0.15) is 4.72 Å². The van der Waals surface area contributed by atoms with Gasteiger partial charge >= 0.3 is 5.97 Å². The summed E-state index contributed by atoms with van der Waals surface area (Å²) in [5.41, 5.74) is 0.985. The first kappa shape index (κ1) is 21.4. The molecule has 1 fully saturated rings. The number of carbonyl (C=O) groups excluding carboxylic acids is 1. The van der Waals surface area contributed by atoms with Crippen LogP contribution in [0.1, 0.15) is 44.6 Å². The minimum atomic E-state index is -3.75. The van der Waals surface area contributed by atoms with Gasteiger partial charge in [0.15, 0.2) is 0 Å². The van der Waals surface area contributed by atoms with Crippen LogP contribution in [0.5, 0.6) is 0 Å². The van der Waals surface area contributed by atoms with Crippen molar-refractivity contribution in [2.24, 2.45) is 5.92 Å². The fraction of sp³-hybridized carbons (Fsp3) is 0.526. The first-order valence-electron chi connectivity index (χ1n) is 8.81. The maximum Gasteiger partial charge on any atom is 0.302 e. The number of benzene rings is 1. The molecule has 0 aromatic heterocycles. The molecule has 1 N–H and O–H groups in total. The summed E-state index contributed by atoms with van der Waals surface area (Å²) >= 11 is 2.01. The molecule has 0 spiro atoms. The average molecular weight is 491 g/mol. The standard InChI is InChI=1S/C19H26INO4S/c1-13-9-11-17(12-10-13)26(23,24)21-18(14(2)20)19(25-15(3)22)16-7-5-4-6-8-16/h9-12,16,18-19,21H,2,4-8H2,1,3H3/t18-,19+/m0/s1. The number of hydrogen-bond acceptors (Lipinski definition) is 4. The van der Waals surface area contributed by atoms with Crippen LogP contribution in [0.3, 0.4) is 0 Å². The fourth-order valence-electron chi connectivity index (χ4n) is 3.35. The fourth-order valence-corrected chi connectivity index (χ4v) is 5.32. The second-order valence-electron chi connectivity index (χ2n) is 6.83. The second kappa shape index (κ2) is 9.32. The van der Waals surface area contributed by atoms with Crippen LogP contribution in [-0.2, 0) is 19.6 Å². The molecule has 1 saturated carbocycles. The summed E-state index contributed by atoms with van der Waals surface area (Å²) in [4.78, 5) is 11.9. The minimum Gasteiger partial charge on any atom is -0.460 e. The molecule has 0 aliphatic heterocycles. The smallest absolute Gasteiger partial charge is 0.302 e. The van der Waals surface area contributed by atoms with Crippen molar-refractivity contribution >= 4 is 38.6 Å². The van der Waals surface area contributed by atoms with Crippen molar-refractivity contribution < 1.29 is 17.9 Å². The van der Waals surface area contributed by atoms with E-state index in [1.165, 1.54) is 6.92 Å². The van der Waals surface area contributed by atoms with E-state index >= 15 is 0 Å². The van der Waals surface area contributed by atoms with Gasteiger partial charge in [0, 0.05) is 10.5 Å². The first-order valence-corrected chi connectivity index (χ1v) is 11.4. The zero-order valence-corrected chi connectivity index (χ0v) is 18.2. The van der Waals surface area contributed by atoms with E-state index < -0.39 is 28.1 Å². The van der Waals surface area contributed by atoms with Crippen molar-refractivity contribution in [3.63, 3.8) is 0 Å². The van der Waals surface area contributed by atoms with Crippen molar-refractivity contribution in [3.8, 4) is 0 Å². The van der Waals surface area contributed by atoms with Crippen LogP contribution in [0.4, 0.5) is 0 Å². The lowest BCUT2D eigenvalue weighted by molar-refractivity contribution is -0.150. The van der Waals surface area contributed by atoms with Gasteiger partial charge in [-0.15, -0.1) is 0 Å². The number of carbonyl (C=O) groups is 1. The Hall–Kier alpha value is -0.930. The Morgan fingerprint density at radius 1 is 1.23 bits per heavy atom. The molecule has 2 atom stereocenters. The zero-order valence-electron chi connectivity index (χ0n) is 15.2. The van der Waals surface area contributed by atoms with Crippen LogP contribution in [0, 0.1) is 12.8 Å². The van der Waals surface area contributed by atoms with E-state index in [4.69, 9.17) is 4.74 Å². The van der Waals surface area contributed by atoms with Gasteiger partial charge in [-0.25, -0.2) is 8.42 Å².